The second-order valence-corrected chi connectivity index (χ2v) is 9.62. The maximum atomic E-state index is 12.3. The summed E-state index contributed by atoms with van der Waals surface area (Å²) in [4.78, 5) is 25.9. The molecule has 176 valence electrons. The Hall–Kier alpha value is -3.40. The summed E-state index contributed by atoms with van der Waals surface area (Å²) in [5, 5.41) is 9.36. The first-order valence-electron chi connectivity index (χ1n) is 12.2. The lowest BCUT2D eigenvalue weighted by Gasteiger charge is -2.44. The highest BCUT2D eigenvalue weighted by atomic mass is 16.5. The highest BCUT2D eigenvalue weighted by molar-refractivity contribution is 5.87. The van der Waals surface area contributed by atoms with Crippen molar-refractivity contribution < 1.29 is 9.53 Å². The molecule has 1 amide bonds. The van der Waals surface area contributed by atoms with Crippen molar-refractivity contribution in [2.45, 2.75) is 56.4 Å². The maximum absolute atomic E-state index is 12.3. The fourth-order valence-electron chi connectivity index (χ4n) is 6.21. The predicted molar refractivity (Wildman–Crippen MR) is 130 cm³/mol. The lowest BCUT2D eigenvalue weighted by Crippen LogP contribution is -2.55. The van der Waals surface area contributed by atoms with E-state index in [2.05, 4.69) is 41.8 Å². The fraction of sp³-hybridized carbons (Fsp3) is 0.481. The zero-order chi connectivity index (χ0) is 23.7. The van der Waals surface area contributed by atoms with Gasteiger partial charge in [0.05, 0.1) is 31.3 Å². The molecular formula is C27H31N5O2. The fourth-order valence-corrected chi connectivity index (χ4v) is 6.21. The monoisotopic (exact) mass is 457 g/mol. The van der Waals surface area contributed by atoms with Crippen LogP contribution in [0.15, 0.2) is 36.9 Å². The molecule has 1 saturated heterocycles. The molecule has 2 aromatic rings. The number of benzene rings is 1. The van der Waals surface area contributed by atoms with Crippen LogP contribution < -0.4 is 9.64 Å². The first-order valence-corrected chi connectivity index (χ1v) is 12.2. The number of rotatable bonds is 4. The Morgan fingerprint density at radius 1 is 1.29 bits per heavy atom. The zero-order valence-electron chi connectivity index (χ0n) is 19.8. The summed E-state index contributed by atoms with van der Waals surface area (Å²) in [6.45, 7) is 5.38. The number of hydrogen-bond donors (Lipinski definition) is 0. The smallest absolute Gasteiger partial charge is 0.318 e. The lowest BCUT2D eigenvalue weighted by atomic mass is 9.62. The number of amides is 1. The van der Waals surface area contributed by atoms with Crippen LogP contribution in [0.25, 0.3) is 0 Å². The predicted octanol–water partition coefficient (Wildman–Crippen LogP) is 3.37. The van der Waals surface area contributed by atoms with Gasteiger partial charge in [0.15, 0.2) is 0 Å². The van der Waals surface area contributed by atoms with Crippen molar-refractivity contribution in [1.29, 1.82) is 5.26 Å². The van der Waals surface area contributed by atoms with Crippen molar-refractivity contribution in [3.63, 3.8) is 0 Å². The van der Waals surface area contributed by atoms with Gasteiger partial charge >= 0.3 is 6.01 Å². The summed E-state index contributed by atoms with van der Waals surface area (Å²) in [5.74, 6) is 0.773. The number of aromatic nitrogens is 2. The molecule has 7 nitrogen and oxygen atoms in total. The van der Waals surface area contributed by atoms with Crippen LogP contribution in [0.1, 0.15) is 48.1 Å². The van der Waals surface area contributed by atoms with Crippen LogP contribution in [-0.4, -0.2) is 53.6 Å². The van der Waals surface area contributed by atoms with Crippen molar-refractivity contribution >= 4 is 11.7 Å². The van der Waals surface area contributed by atoms with Crippen LogP contribution in [0.5, 0.6) is 6.01 Å². The summed E-state index contributed by atoms with van der Waals surface area (Å²) in [6, 6.07) is 11.3. The number of methoxy groups -OCH3 is 1. The van der Waals surface area contributed by atoms with Crippen molar-refractivity contribution in [1.82, 2.24) is 14.9 Å². The van der Waals surface area contributed by atoms with E-state index in [4.69, 9.17) is 14.7 Å². The summed E-state index contributed by atoms with van der Waals surface area (Å²) >= 11 is 0. The van der Waals surface area contributed by atoms with Crippen molar-refractivity contribution in [3.05, 3.63) is 59.3 Å². The second kappa shape index (κ2) is 9.09. The zero-order valence-corrected chi connectivity index (χ0v) is 19.8. The summed E-state index contributed by atoms with van der Waals surface area (Å²) in [6.07, 6.45) is 8.03. The van der Waals surface area contributed by atoms with Crippen LogP contribution >= 0.6 is 0 Å². The molecule has 1 spiro atoms. The highest BCUT2D eigenvalue weighted by Gasteiger charge is 2.42. The minimum atomic E-state index is -0.194. The average Bonchev–Trinajstić information content (AvgIpc) is 2.88. The van der Waals surface area contributed by atoms with Crippen LogP contribution in [-0.2, 0) is 29.5 Å². The van der Waals surface area contributed by atoms with Crippen molar-refractivity contribution in [3.8, 4) is 12.1 Å². The number of nitriles is 1. The third-order valence-electron chi connectivity index (χ3n) is 7.85. The minimum Gasteiger partial charge on any atom is -0.467 e. The average molecular weight is 458 g/mol. The Labute approximate surface area is 201 Å². The summed E-state index contributed by atoms with van der Waals surface area (Å²) in [5.41, 5.74) is 5.34. The Kier molecular flexibility index (Phi) is 5.99. The van der Waals surface area contributed by atoms with Gasteiger partial charge in [-0.2, -0.15) is 15.2 Å². The number of carbonyl (C=O) groups excluding carboxylic acids is 1. The Bertz CT molecular complexity index is 1160. The molecular weight excluding hydrogens is 426 g/mol. The van der Waals surface area contributed by atoms with Crippen LogP contribution in [0.4, 0.5) is 5.82 Å². The quantitative estimate of drug-likeness (QED) is 0.655. The number of aryl methyl sites for hydroxylation is 1. The molecule has 5 rings (SSSR count). The molecule has 1 aliphatic heterocycles. The molecule has 1 fully saturated rings. The van der Waals surface area contributed by atoms with E-state index in [-0.39, 0.29) is 23.8 Å². The van der Waals surface area contributed by atoms with E-state index in [1.807, 2.05) is 0 Å². The van der Waals surface area contributed by atoms with Gasteiger partial charge in [-0.3, -0.25) is 4.79 Å². The number of fused-ring (bicyclic) bond motifs is 3. The third-order valence-corrected chi connectivity index (χ3v) is 7.85. The second-order valence-electron chi connectivity index (χ2n) is 9.62. The van der Waals surface area contributed by atoms with Gasteiger partial charge in [0.2, 0.25) is 5.91 Å². The molecule has 2 unspecified atom stereocenters. The van der Waals surface area contributed by atoms with Gasteiger partial charge in [-0.25, -0.2) is 0 Å². The number of nitrogens with zero attached hydrogens (tertiary/aromatic N) is 5. The summed E-state index contributed by atoms with van der Waals surface area (Å²) < 4.78 is 5.53. The third kappa shape index (κ3) is 3.81. The summed E-state index contributed by atoms with van der Waals surface area (Å²) in [7, 11) is 1.61. The standard InChI is InChI=1S/C27H31N5O2/c1-3-24(33)32-16-15-31(18-20(32)11-14-28)25-21-10-13-27(17-23(21)29-26(30-25)34-2)12-6-8-19-7-4-5-9-22(19)27/h3-5,7,9,20H,1,6,8,10-13,15-18H2,2H3. The van der Waals surface area contributed by atoms with Gasteiger partial charge < -0.3 is 14.5 Å². The van der Waals surface area contributed by atoms with Crippen LogP contribution in [0.3, 0.4) is 0 Å². The van der Waals surface area contributed by atoms with Gasteiger partial charge in [-0.1, -0.05) is 30.8 Å². The van der Waals surface area contributed by atoms with E-state index in [1.165, 1.54) is 35.6 Å². The molecule has 0 radical (unpaired) electrons. The Morgan fingerprint density at radius 2 is 2.15 bits per heavy atom. The highest BCUT2D eigenvalue weighted by Crippen LogP contribution is 2.47. The molecule has 7 heteroatoms. The molecule has 3 aliphatic rings. The largest absolute Gasteiger partial charge is 0.467 e. The normalized spacial score (nSPS) is 23.6. The van der Waals surface area contributed by atoms with Crippen LogP contribution in [0.2, 0.25) is 0 Å². The van der Waals surface area contributed by atoms with E-state index in [9.17, 15) is 10.1 Å². The van der Waals surface area contributed by atoms with Gasteiger partial charge in [-0.05, 0) is 55.7 Å². The molecule has 1 aromatic carbocycles. The number of piperazine rings is 1. The van der Waals surface area contributed by atoms with Gasteiger partial charge in [-0.15, -0.1) is 0 Å². The minimum absolute atomic E-state index is 0.122. The molecule has 2 heterocycles. The maximum Gasteiger partial charge on any atom is 0.318 e. The Morgan fingerprint density at radius 3 is 2.94 bits per heavy atom. The topological polar surface area (TPSA) is 82.3 Å². The molecule has 2 aliphatic carbocycles. The van der Waals surface area contributed by atoms with E-state index in [0.29, 0.717) is 25.6 Å². The SMILES string of the molecule is C=CC(=O)N1CCN(c2nc(OC)nc3c2CCC2(CCCc4ccccc42)C3)CC1CC#N. The van der Waals surface area contributed by atoms with Crippen molar-refractivity contribution in [2.24, 2.45) is 0 Å². The number of anilines is 1. The van der Waals surface area contributed by atoms with Crippen LogP contribution in [0, 0.1) is 11.3 Å². The number of ether oxygens (including phenoxy) is 1. The Balaban J connectivity index is 1.49. The van der Waals surface area contributed by atoms with Gasteiger partial charge in [0.1, 0.15) is 5.82 Å². The lowest BCUT2D eigenvalue weighted by molar-refractivity contribution is -0.128. The molecule has 1 aromatic heterocycles. The molecule has 0 saturated carbocycles. The van der Waals surface area contributed by atoms with Crippen molar-refractivity contribution in [2.75, 3.05) is 31.6 Å². The molecule has 34 heavy (non-hydrogen) atoms. The van der Waals surface area contributed by atoms with E-state index in [0.717, 1.165) is 37.2 Å². The van der Waals surface area contributed by atoms with E-state index >= 15 is 0 Å². The first-order chi connectivity index (χ1) is 16.6. The number of hydrogen-bond acceptors (Lipinski definition) is 6. The van der Waals surface area contributed by atoms with Gasteiger partial charge in [0, 0.05) is 30.6 Å². The van der Waals surface area contributed by atoms with E-state index in [1.54, 1.807) is 12.0 Å². The molecule has 0 N–H and O–H groups in total. The first kappa shape index (κ1) is 22.4. The molecule has 0 bridgehead atoms. The number of carbonyl (C=O) groups is 1. The molecule has 2 atom stereocenters. The van der Waals surface area contributed by atoms with Gasteiger partial charge in [0.25, 0.3) is 0 Å². The van der Waals surface area contributed by atoms with E-state index < -0.39 is 0 Å².